The zero-order chi connectivity index (χ0) is 21.2. The molecule has 0 saturated heterocycles. The maximum absolute atomic E-state index is 12.5. The summed E-state index contributed by atoms with van der Waals surface area (Å²) in [6.45, 7) is 5.96. The maximum Gasteiger partial charge on any atom is 0.331 e. The Kier molecular flexibility index (Phi) is 5.90. The monoisotopic (exact) mass is 396 g/mol. The molecule has 0 bridgehead atoms. The molecule has 0 amide bonds. The zero-order valence-electron chi connectivity index (χ0n) is 17.1. The number of carbonyl (C=O) groups excluding carboxylic acids is 3. The van der Waals surface area contributed by atoms with Crippen LogP contribution in [0.25, 0.3) is 6.08 Å². The van der Waals surface area contributed by atoms with E-state index in [9.17, 15) is 19.5 Å². The molecule has 5 atom stereocenters. The van der Waals surface area contributed by atoms with Crippen molar-refractivity contribution >= 4 is 24.6 Å². The number of rotatable bonds is 5. The molecule has 1 N–H and O–H groups in total. The summed E-state index contributed by atoms with van der Waals surface area (Å²) in [5.74, 6) is -1.55. The molecule has 1 aromatic rings. The fourth-order valence-corrected chi connectivity index (χ4v) is 5.42. The third-order valence-corrected chi connectivity index (χ3v) is 6.73. The predicted octanol–water partition coefficient (Wildman–Crippen LogP) is 3.37. The van der Waals surface area contributed by atoms with Crippen molar-refractivity contribution in [2.45, 2.75) is 45.8 Å². The largest absolute Gasteiger partial charge is 0.459 e. The molecule has 0 unspecified atom stereocenters. The Morgan fingerprint density at radius 2 is 1.86 bits per heavy atom. The van der Waals surface area contributed by atoms with Gasteiger partial charge in [0.15, 0.2) is 0 Å². The molecule has 0 aliphatic heterocycles. The van der Waals surface area contributed by atoms with Gasteiger partial charge in [0.1, 0.15) is 18.7 Å². The number of allylic oxidation sites excluding steroid dienone is 1. The highest BCUT2D eigenvalue weighted by Gasteiger charge is 2.61. The van der Waals surface area contributed by atoms with Gasteiger partial charge in [0.2, 0.25) is 0 Å². The quantitative estimate of drug-likeness (QED) is 0.469. The number of benzene rings is 1. The minimum Gasteiger partial charge on any atom is -0.459 e. The lowest BCUT2D eigenvalue weighted by Crippen LogP contribution is -2.61. The minimum absolute atomic E-state index is 0.254. The molecule has 5 heteroatoms. The molecule has 1 saturated carbocycles. The first-order chi connectivity index (χ1) is 13.7. The number of esters is 1. The number of aldehydes is 2. The molecule has 0 aromatic heterocycles. The van der Waals surface area contributed by atoms with Crippen LogP contribution >= 0.6 is 0 Å². The molecule has 154 valence electrons. The fourth-order valence-electron chi connectivity index (χ4n) is 5.42. The van der Waals surface area contributed by atoms with Crippen LogP contribution in [0.15, 0.2) is 48.1 Å². The van der Waals surface area contributed by atoms with Crippen LogP contribution < -0.4 is 0 Å². The molecule has 0 radical (unpaired) electrons. The molecule has 2 aliphatic carbocycles. The number of ether oxygens (including phenoxy) is 1. The second-order valence-electron chi connectivity index (χ2n) is 8.93. The Morgan fingerprint density at radius 1 is 1.17 bits per heavy atom. The van der Waals surface area contributed by atoms with Gasteiger partial charge in [-0.25, -0.2) is 4.79 Å². The average Bonchev–Trinajstić information content (AvgIpc) is 2.68. The van der Waals surface area contributed by atoms with Crippen LogP contribution in [0.4, 0.5) is 0 Å². The van der Waals surface area contributed by atoms with Crippen molar-refractivity contribution in [3.05, 3.63) is 53.6 Å². The summed E-state index contributed by atoms with van der Waals surface area (Å²) >= 11 is 0. The first-order valence-corrected chi connectivity index (χ1v) is 9.98. The van der Waals surface area contributed by atoms with Crippen molar-refractivity contribution in [3.8, 4) is 0 Å². The van der Waals surface area contributed by atoms with Crippen LogP contribution in [-0.4, -0.2) is 35.9 Å². The van der Waals surface area contributed by atoms with E-state index in [1.165, 1.54) is 12.2 Å². The van der Waals surface area contributed by atoms with Crippen LogP contribution in [0.1, 0.15) is 39.2 Å². The Balaban J connectivity index is 1.92. The van der Waals surface area contributed by atoms with Gasteiger partial charge < -0.3 is 14.6 Å². The number of hydrogen-bond acceptors (Lipinski definition) is 5. The van der Waals surface area contributed by atoms with Gasteiger partial charge in [0, 0.05) is 23.0 Å². The van der Waals surface area contributed by atoms with Gasteiger partial charge in [-0.2, -0.15) is 0 Å². The standard InChI is InChI=1S/C24H28O5/c1-23(2)12-11-20(29-21(28)10-9-16-7-5-4-6-8-16)24(3)18(15-26)17(14-25)13-19(27)22(23)24/h4-10,13-15,18-20,22,27H,11-12H2,1-3H3/b10-9+/t18-,19+,20-,22+,24+/m1/s1. The molecule has 0 spiro atoms. The number of carbonyl (C=O) groups is 3. The van der Waals surface area contributed by atoms with Gasteiger partial charge in [-0.05, 0) is 36.0 Å². The Bertz CT molecular complexity index is 838. The fraction of sp³-hybridized carbons (Fsp3) is 0.458. The van der Waals surface area contributed by atoms with Crippen LogP contribution in [0.3, 0.4) is 0 Å². The van der Waals surface area contributed by atoms with Crippen LogP contribution in [-0.2, 0) is 19.1 Å². The summed E-state index contributed by atoms with van der Waals surface area (Å²) in [5.41, 5.74) is -0.0130. The molecular weight excluding hydrogens is 368 g/mol. The average molecular weight is 396 g/mol. The highest BCUT2D eigenvalue weighted by molar-refractivity contribution is 5.87. The zero-order valence-corrected chi connectivity index (χ0v) is 17.1. The molecule has 3 rings (SSSR count). The lowest BCUT2D eigenvalue weighted by Gasteiger charge is -2.59. The van der Waals surface area contributed by atoms with Crippen LogP contribution in [0.5, 0.6) is 0 Å². The van der Waals surface area contributed by atoms with Gasteiger partial charge in [-0.3, -0.25) is 4.79 Å². The Hall–Kier alpha value is -2.53. The normalized spacial score (nSPS) is 33.4. The SMILES string of the molecule is CC1(C)CC[C@@H](OC(=O)/C=C/c2ccccc2)[C@]2(C)[C@H](C=O)C(C=O)=C[C@H](O)[C@@H]12. The Morgan fingerprint density at radius 3 is 2.48 bits per heavy atom. The number of fused-ring (bicyclic) bond motifs is 1. The Labute approximate surface area is 171 Å². The van der Waals surface area contributed by atoms with E-state index >= 15 is 0 Å². The van der Waals surface area contributed by atoms with E-state index in [4.69, 9.17) is 4.74 Å². The first-order valence-electron chi connectivity index (χ1n) is 9.98. The lowest BCUT2D eigenvalue weighted by molar-refractivity contribution is -0.187. The van der Waals surface area contributed by atoms with E-state index in [0.29, 0.717) is 12.7 Å². The smallest absolute Gasteiger partial charge is 0.331 e. The van der Waals surface area contributed by atoms with E-state index in [-0.39, 0.29) is 16.9 Å². The second-order valence-corrected chi connectivity index (χ2v) is 8.93. The number of hydrogen-bond donors (Lipinski definition) is 1. The number of aliphatic hydroxyl groups is 1. The van der Waals surface area contributed by atoms with Gasteiger partial charge in [0.25, 0.3) is 0 Å². The maximum atomic E-state index is 12.5. The summed E-state index contributed by atoms with van der Waals surface area (Å²) in [6.07, 6.45) is 5.75. The molecule has 5 nitrogen and oxygen atoms in total. The molecular formula is C24H28O5. The summed E-state index contributed by atoms with van der Waals surface area (Å²) in [4.78, 5) is 36.1. The van der Waals surface area contributed by atoms with Gasteiger partial charge in [0.05, 0.1) is 12.0 Å². The molecule has 0 heterocycles. The lowest BCUT2D eigenvalue weighted by atomic mass is 9.47. The third kappa shape index (κ3) is 3.84. The molecule has 2 aliphatic rings. The van der Waals surface area contributed by atoms with Crippen molar-refractivity contribution in [1.29, 1.82) is 0 Å². The van der Waals surface area contributed by atoms with Gasteiger partial charge in [-0.15, -0.1) is 0 Å². The van der Waals surface area contributed by atoms with Crippen molar-refractivity contribution in [1.82, 2.24) is 0 Å². The first kappa shape index (κ1) is 21.2. The molecule has 29 heavy (non-hydrogen) atoms. The summed E-state index contributed by atoms with van der Waals surface area (Å²) < 4.78 is 5.81. The summed E-state index contributed by atoms with van der Waals surface area (Å²) in [6, 6.07) is 9.42. The van der Waals surface area contributed by atoms with Crippen molar-refractivity contribution in [2.75, 3.05) is 0 Å². The van der Waals surface area contributed by atoms with Crippen LogP contribution in [0, 0.1) is 22.7 Å². The highest BCUT2D eigenvalue weighted by atomic mass is 16.5. The predicted molar refractivity (Wildman–Crippen MR) is 110 cm³/mol. The van der Waals surface area contributed by atoms with E-state index < -0.39 is 29.5 Å². The van der Waals surface area contributed by atoms with Crippen molar-refractivity contribution in [3.63, 3.8) is 0 Å². The highest BCUT2D eigenvalue weighted by Crippen LogP contribution is 2.59. The van der Waals surface area contributed by atoms with E-state index in [2.05, 4.69) is 0 Å². The van der Waals surface area contributed by atoms with Crippen LogP contribution in [0.2, 0.25) is 0 Å². The van der Waals surface area contributed by atoms with E-state index in [1.807, 2.05) is 51.1 Å². The topological polar surface area (TPSA) is 80.7 Å². The van der Waals surface area contributed by atoms with Crippen molar-refractivity contribution < 1.29 is 24.2 Å². The minimum atomic E-state index is -0.882. The van der Waals surface area contributed by atoms with Gasteiger partial charge in [-0.1, -0.05) is 51.1 Å². The second kappa shape index (κ2) is 8.07. The van der Waals surface area contributed by atoms with Gasteiger partial charge >= 0.3 is 5.97 Å². The third-order valence-electron chi connectivity index (χ3n) is 6.73. The van der Waals surface area contributed by atoms with Crippen molar-refractivity contribution in [2.24, 2.45) is 22.7 Å². The molecule has 1 aromatic carbocycles. The molecule has 1 fully saturated rings. The summed E-state index contributed by atoms with van der Waals surface area (Å²) in [5, 5.41) is 10.8. The van der Waals surface area contributed by atoms with E-state index in [0.717, 1.165) is 18.3 Å². The van der Waals surface area contributed by atoms with E-state index in [1.54, 1.807) is 6.08 Å². The number of aliphatic hydroxyl groups excluding tert-OH is 1. The summed E-state index contributed by atoms with van der Waals surface area (Å²) in [7, 11) is 0.